The molecular weight excluding hydrogens is 206 g/mol. The summed E-state index contributed by atoms with van der Waals surface area (Å²) >= 11 is 1.88. The maximum absolute atomic E-state index is 4.48. The van der Waals surface area contributed by atoms with Crippen molar-refractivity contribution in [3.8, 4) is 0 Å². The summed E-state index contributed by atoms with van der Waals surface area (Å²) in [6.07, 6.45) is 2.70. The number of amidine groups is 1. The van der Waals surface area contributed by atoms with Gasteiger partial charge in [0, 0.05) is 17.8 Å². The van der Waals surface area contributed by atoms with Crippen molar-refractivity contribution in [3.05, 3.63) is 0 Å². The zero-order valence-electron chi connectivity index (χ0n) is 9.70. The lowest BCUT2D eigenvalue weighted by Crippen LogP contribution is -2.39. The minimum atomic E-state index is 0.665. The Kier molecular flexibility index (Phi) is 3.92. The maximum atomic E-state index is 4.48. The molecule has 2 atom stereocenters. The van der Waals surface area contributed by atoms with Gasteiger partial charge >= 0.3 is 0 Å². The summed E-state index contributed by atoms with van der Waals surface area (Å²) in [5.74, 6) is 0. The number of hydrogen-bond donors (Lipinski definition) is 1. The lowest BCUT2D eigenvalue weighted by molar-refractivity contribution is 0.267. The third-order valence-electron chi connectivity index (χ3n) is 3.20. The second kappa shape index (κ2) is 5.21. The van der Waals surface area contributed by atoms with Crippen LogP contribution in [0.4, 0.5) is 0 Å². The van der Waals surface area contributed by atoms with E-state index in [2.05, 4.69) is 29.1 Å². The molecule has 1 saturated heterocycles. The van der Waals surface area contributed by atoms with Gasteiger partial charge in [-0.05, 0) is 25.9 Å². The van der Waals surface area contributed by atoms with Gasteiger partial charge in [0.15, 0.2) is 5.17 Å². The van der Waals surface area contributed by atoms with Gasteiger partial charge in [0.25, 0.3) is 0 Å². The summed E-state index contributed by atoms with van der Waals surface area (Å²) < 4.78 is 0. The van der Waals surface area contributed by atoms with Gasteiger partial charge in [-0.15, -0.1) is 0 Å². The van der Waals surface area contributed by atoms with Crippen LogP contribution in [0.1, 0.15) is 26.7 Å². The van der Waals surface area contributed by atoms with Crippen LogP contribution in [0.2, 0.25) is 0 Å². The lowest BCUT2D eigenvalue weighted by atomic mass is 10.2. The summed E-state index contributed by atoms with van der Waals surface area (Å²) in [7, 11) is 0. The summed E-state index contributed by atoms with van der Waals surface area (Å²) in [5.41, 5.74) is 0. The van der Waals surface area contributed by atoms with Crippen molar-refractivity contribution in [2.24, 2.45) is 4.99 Å². The van der Waals surface area contributed by atoms with Gasteiger partial charge in [0.2, 0.25) is 0 Å². The van der Waals surface area contributed by atoms with Crippen molar-refractivity contribution in [3.63, 3.8) is 0 Å². The Morgan fingerprint density at radius 3 is 3.13 bits per heavy atom. The van der Waals surface area contributed by atoms with Crippen LogP contribution in [-0.4, -0.2) is 47.5 Å². The van der Waals surface area contributed by atoms with E-state index in [1.807, 2.05) is 11.8 Å². The summed E-state index contributed by atoms with van der Waals surface area (Å²) in [4.78, 5) is 7.04. The van der Waals surface area contributed by atoms with Crippen LogP contribution in [0.25, 0.3) is 0 Å². The van der Waals surface area contributed by atoms with E-state index in [4.69, 9.17) is 0 Å². The molecular formula is C11H21N3S. The molecule has 0 aromatic carbocycles. The SMILES string of the molecule is CCN1CCCC1CNC1=NCC(C)S1. The number of rotatable bonds is 3. The third-order valence-corrected chi connectivity index (χ3v) is 4.25. The van der Waals surface area contributed by atoms with Crippen LogP contribution in [0.3, 0.4) is 0 Å². The van der Waals surface area contributed by atoms with Crippen molar-refractivity contribution < 1.29 is 0 Å². The molecule has 1 N–H and O–H groups in total. The number of hydrogen-bond acceptors (Lipinski definition) is 4. The van der Waals surface area contributed by atoms with Crippen LogP contribution < -0.4 is 5.32 Å². The van der Waals surface area contributed by atoms with Gasteiger partial charge in [-0.25, -0.2) is 0 Å². The van der Waals surface area contributed by atoms with Gasteiger partial charge in [0.1, 0.15) is 0 Å². The zero-order valence-corrected chi connectivity index (χ0v) is 10.5. The van der Waals surface area contributed by atoms with E-state index in [1.54, 1.807) is 0 Å². The van der Waals surface area contributed by atoms with Crippen molar-refractivity contribution in [1.29, 1.82) is 0 Å². The monoisotopic (exact) mass is 227 g/mol. The maximum Gasteiger partial charge on any atom is 0.156 e. The van der Waals surface area contributed by atoms with Gasteiger partial charge < -0.3 is 5.32 Å². The van der Waals surface area contributed by atoms with Crippen LogP contribution in [0.15, 0.2) is 4.99 Å². The fraction of sp³-hybridized carbons (Fsp3) is 0.909. The number of aliphatic imine (C=N–C) groups is 1. The molecule has 1 fully saturated rings. The fourth-order valence-corrected chi connectivity index (χ4v) is 3.17. The first-order valence-corrected chi connectivity index (χ1v) is 6.86. The first-order chi connectivity index (χ1) is 7.29. The predicted octanol–water partition coefficient (Wildman–Crippen LogP) is 1.55. The molecule has 2 rings (SSSR count). The largest absolute Gasteiger partial charge is 0.363 e. The quantitative estimate of drug-likeness (QED) is 0.793. The van der Waals surface area contributed by atoms with E-state index < -0.39 is 0 Å². The Bertz CT molecular complexity index is 242. The predicted molar refractivity (Wildman–Crippen MR) is 67.6 cm³/mol. The zero-order chi connectivity index (χ0) is 10.7. The third kappa shape index (κ3) is 2.88. The normalized spacial score (nSPS) is 32.0. The van der Waals surface area contributed by atoms with E-state index in [0.717, 1.165) is 24.3 Å². The van der Waals surface area contributed by atoms with Crippen LogP contribution in [0.5, 0.6) is 0 Å². The minimum absolute atomic E-state index is 0.665. The number of nitrogens with one attached hydrogen (secondary N) is 1. The summed E-state index contributed by atoms with van der Waals surface area (Å²) in [6.45, 7) is 9.00. The fourth-order valence-electron chi connectivity index (χ4n) is 2.32. The Hall–Kier alpha value is -0.220. The second-order valence-electron chi connectivity index (χ2n) is 4.38. The molecule has 2 heterocycles. The number of nitrogens with zero attached hydrogens (tertiary/aromatic N) is 2. The average molecular weight is 227 g/mol. The van der Waals surface area contributed by atoms with E-state index in [1.165, 1.54) is 25.9 Å². The van der Waals surface area contributed by atoms with Gasteiger partial charge in [-0.3, -0.25) is 9.89 Å². The average Bonchev–Trinajstić information content (AvgIpc) is 2.83. The Labute approximate surface area is 96.7 Å². The molecule has 2 unspecified atom stereocenters. The van der Waals surface area contributed by atoms with Crippen LogP contribution in [-0.2, 0) is 0 Å². The summed E-state index contributed by atoms with van der Waals surface area (Å²) in [6, 6.07) is 0.731. The molecule has 0 amide bonds. The standard InChI is InChI=1S/C11H21N3S/c1-3-14-6-4-5-10(14)8-13-11-12-7-9(2)15-11/h9-10H,3-8H2,1-2H3,(H,12,13). The number of thioether (sulfide) groups is 1. The van der Waals surface area contributed by atoms with Crippen molar-refractivity contribution >= 4 is 16.9 Å². The Morgan fingerprint density at radius 1 is 1.60 bits per heavy atom. The highest BCUT2D eigenvalue weighted by atomic mass is 32.2. The van der Waals surface area contributed by atoms with Gasteiger partial charge in [-0.2, -0.15) is 0 Å². The van der Waals surface area contributed by atoms with Crippen molar-refractivity contribution in [2.75, 3.05) is 26.2 Å². The van der Waals surface area contributed by atoms with Crippen molar-refractivity contribution in [1.82, 2.24) is 10.2 Å². The van der Waals surface area contributed by atoms with Crippen LogP contribution in [0, 0.1) is 0 Å². The number of likely N-dealkylation sites (N-methyl/N-ethyl adjacent to an activating group) is 1. The smallest absolute Gasteiger partial charge is 0.156 e. The number of likely N-dealkylation sites (tertiary alicyclic amines) is 1. The summed E-state index contributed by atoms with van der Waals surface area (Å²) in [5, 5.41) is 5.31. The molecule has 86 valence electrons. The van der Waals surface area contributed by atoms with E-state index in [0.29, 0.717) is 5.25 Å². The molecule has 0 saturated carbocycles. The molecule has 2 aliphatic heterocycles. The highest BCUT2D eigenvalue weighted by Crippen LogP contribution is 2.20. The molecule has 0 spiro atoms. The molecule has 0 aliphatic carbocycles. The van der Waals surface area contributed by atoms with Crippen molar-refractivity contribution in [2.45, 2.75) is 38.0 Å². The Morgan fingerprint density at radius 2 is 2.47 bits per heavy atom. The minimum Gasteiger partial charge on any atom is -0.363 e. The van der Waals surface area contributed by atoms with E-state index in [-0.39, 0.29) is 0 Å². The highest BCUT2D eigenvalue weighted by molar-refractivity contribution is 8.14. The van der Waals surface area contributed by atoms with Gasteiger partial charge in [-0.1, -0.05) is 25.6 Å². The molecule has 15 heavy (non-hydrogen) atoms. The first kappa shape index (κ1) is 11.3. The molecule has 3 nitrogen and oxygen atoms in total. The lowest BCUT2D eigenvalue weighted by Gasteiger charge is -2.23. The van der Waals surface area contributed by atoms with E-state index >= 15 is 0 Å². The highest BCUT2D eigenvalue weighted by Gasteiger charge is 2.23. The molecule has 0 aromatic heterocycles. The first-order valence-electron chi connectivity index (χ1n) is 5.98. The topological polar surface area (TPSA) is 27.6 Å². The molecule has 0 radical (unpaired) electrons. The van der Waals surface area contributed by atoms with Gasteiger partial charge in [0.05, 0.1) is 6.54 Å². The molecule has 2 aliphatic rings. The molecule has 0 aromatic rings. The van der Waals surface area contributed by atoms with Crippen LogP contribution >= 0.6 is 11.8 Å². The molecule has 4 heteroatoms. The second-order valence-corrected chi connectivity index (χ2v) is 5.81. The Balaban J connectivity index is 1.73. The molecule has 0 bridgehead atoms. The van der Waals surface area contributed by atoms with E-state index in [9.17, 15) is 0 Å².